The highest BCUT2D eigenvalue weighted by Gasteiger charge is 2.36. The second kappa shape index (κ2) is 6.16. The Labute approximate surface area is 125 Å². The molecule has 5 nitrogen and oxygen atoms in total. The molecule has 2 unspecified atom stereocenters. The van der Waals surface area contributed by atoms with Crippen LogP contribution in [0.3, 0.4) is 0 Å². The van der Waals surface area contributed by atoms with E-state index in [1.807, 2.05) is 57.1 Å². The van der Waals surface area contributed by atoms with Crippen molar-refractivity contribution < 1.29 is 9.59 Å². The van der Waals surface area contributed by atoms with E-state index in [1.165, 1.54) is 0 Å². The first-order valence-electron chi connectivity index (χ1n) is 7.32. The molecule has 0 radical (unpaired) electrons. The molecular formula is C16H23N3O2. The maximum atomic E-state index is 12.7. The largest absolute Gasteiger partial charge is 0.378 e. The van der Waals surface area contributed by atoms with Crippen molar-refractivity contribution in [2.45, 2.75) is 26.3 Å². The van der Waals surface area contributed by atoms with E-state index in [1.54, 1.807) is 4.90 Å². The lowest BCUT2D eigenvalue weighted by Gasteiger charge is -2.35. The first-order chi connectivity index (χ1) is 9.93. The lowest BCUT2D eigenvalue weighted by molar-refractivity contribution is -0.132. The van der Waals surface area contributed by atoms with Crippen molar-refractivity contribution in [2.24, 2.45) is 5.92 Å². The Morgan fingerprint density at radius 1 is 1.38 bits per heavy atom. The molecule has 1 fully saturated rings. The third kappa shape index (κ3) is 3.17. The molecule has 0 bridgehead atoms. The molecule has 0 aliphatic carbocycles. The molecule has 0 saturated carbocycles. The van der Waals surface area contributed by atoms with Crippen molar-refractivity contribution in [3.8, 4) is 0 Å². The van der Waals surface area contributed by atoms with Gasteiger partial charge in [0.2, 0.25) is 11.8 Å². The monoisotopic (exact) mass is 289 g/mol. The Bertz CT molecular complexity index is 542. The fraction of sp³-hybridized carbons (Fsp3) is 0.500. The Morgan fingerprint density at radius 2 is 2.10 bits per heavy atom. The summed E-state index contributed by atoms with van der Waals surface area (Å²) in [5.41, 5.74) is 1.78. The van der Waals surface area contributed by atoms with E-state index in [9.17, 15) is 9.59 Å². The van der Waals surface area contributed by atoms with Gasteiger partial charge in [-0.3, -0.25) is 9.59 Å². The summed E-state index contributed by atoms with van der Waals surface area (Å²) >= 11 is 0. The molecule has 5 heteroatoms. The summed E-state index contributed by atoms with van der Waals surface area (Å²) < 4.78 is 0. The zero-order chi connectivity index (χ0) is 15.6. The predicted molar refractivity (Wildman–Crippen MR) is 84.5 cm³/mol. The van der Waals surface area contributed by atoms with E-state index in [4.69, 9.17) is 0 Å². The minimum atomic E-state index is -0.431. The van der Waals surface area contributed by atoms with Gasteiger partial charge in [0.15, 0.2) is 0 Å². The Balaban J connectivity index is 2.31. The molecule has 114 valence electrons. The van der Waals surface area contributed by atoms with Crippen LogP contribution in [0.15, 0.2) is 24.3 Å². The third-order valence-electron chi connectivity index (χ3n) is 4.02. The van der Waals surface area contributed by atoms with Crippen LogP contribution in [0.5, 0.6) is 0 Å². The number of anilines is 2. The number of carbonyl (C=O) groups excluding carboxylic acids is 2. The van der Waals surface area contributed by atoms with Crippen molar-refractivity contribution in [2.75, 3.05) is 30.4 Å². The summed E-state index contributed by atoms with van der Waals surface area (Å²) in [6.07, 6.45) is 0.849. The van der Waals surface area contributed by atoms with Gasteiger partial charge >= 0.3 is 0 Å². The van der Waals surface area contributed by atoms with Crippen LogP contribution in [0.2, 0.25) is 0 Å². The fourth-order valence-corrected chi connectivity index (χ4v) is 2.45. The second-order valence-electron chi connectivity index (χ2n) is 5.77. The highest BCUT2D eigenvalue weighted by molar-refractivity contribution is 6.06. The van der Waals surface area contributed by atoms with Gasteiger partial charge in [-0.1, -0.05) is 26.3 Å². The van der Waals surface area contributed by atoms with Crippen molar-refractivity contribution >= 4 is 23.2 Å². The smallest absolute Gasteiger partial charge is 0.250 e. The van der Waals surface area contributed by atoms with Gasteiger partial charge in [-0.25, -0.2) is 0 Å². The normalized spacial score (nSPS) is 20.2. The van der Waals surface area contributed by atoms with Crippen LogP contribution in [-0.2, 0) is 9.59 Å². The first-order valence-corrected chi connectivity index (χ1v) is 7.32. The number of hydrogen-bond acceptors (Lipinski definition) is 3. The van der Waals surface area contributed by atoms with E-state index >= 15 is 0 Å². The van der Waals surface area contributed by atoms with E-state index in [-0.39, 0.29) is 24.3 Å². The van der Waals surface area contributed by atoms with Gasteiger partial charge in [-0.2, -0.15) is 0 Å². The Kier molecular flexibility index (Phi) is 4.50. The molecule has 0 aromatic heterocycles. The minimum absolute atomic E-state index is 0.0279. The highest BCUT2D eigenvalue weighted by atomic mass is 16.2. The standard InChI is InChI=1S/C16H23N3O2/c1-5-11(2)15-16(21)19(10-14(20)17-15)13-8-6-7-12(9-13)18(3)4/h6-9,11,15H,5,10H2,1-4H3,(H,17,20). The van der Waals surface area contributed by atoms with E-state index in [0.29, 0.717) is 0 Å². The van der Waals surface area contributed by atoms with Gasteiger partial charge in [-0.05, 0) is 24.1 Å². The van der Waals surface area contributed by atoms with Crippen molar-refractivity contribution in [1.82, 2.24) is 5.32 Å². The van der Waals surface area contributed by atoms with Crippen LogP contribution in [0.1, 0.15) is 20.3 Å². The molecule has 2 amide bonds. The summed E-state index contributed by atoms with van der Waals surface area (Å²) in [7, 11) is 3.90. The van der Waals surface area contributed by atoms with Crippen LogP contribution < -0.4 is 15.1 Å². The maximum Gasteiger partial charge on any atom is 0.250 e. The second-order valence-corrected chi connectivity index (χ2v) is 5.77. The number of hydrogen-bond donors (Lipinski definition) is 1. The number of nitrogens with zero attached hydrogens (tertiary/aromatic N) is 2. The highest BCUT2D eigenvalue weighted by Crippen LogP contribution is 2.24. The molecule has 1 aromatic carbocycles. The summed E-state index contributed by atoms with van der Waals surface area (Å²) in [6, 6.07) is 7.26. The average molecular weight is 289 g/mol. The van der Waals surface area contributed by atoms with Crippen LogP contribution in [0, 0.1) is 5.92 Å². The number of amides is 2. The van der Waals surface area contributed by atoms with Crippen molar-refractivity contribution in [3.05, 3.63) is 24.3 Å². The van der Waals surface area contributed by atoms with E-state index in [0.717, 1.165) is 17.8 Å². The van der Waals surface area contributed by atoms with Gasteiger partial charge in [0.25, 0.3) is 0 Å². The SMILES string of the molecule is CCC(C)C1NC(=O)CN(c2cccc(N(C)C)c2)C1=O. The molecule has 1 N–H and O–H groups in total. The predicted octanol–water partition coefficient (Wildman–Crippen LogP) is 1.63. The third-order valence-corrected chi connectivity index (χ3v) is 4.02. The van der Waals surface area contributed by atoms with Crippen molar-refractivity contribution in [3.63, 3.8) is 0 Å². The summed E-state index contributed by atoms with van der Waals surface area (Å²) in [6.45, 7) is 4.10. The fourth-order valence-electron chi connectivity index (χ4n) is 2.45. The topological polar surface area (TPSA) is 52.7 Å². The van der Waals surface area contributed by atoms with Crippen LogP contribution in [-0.4, -0.2) is 38.5 Å². The van der Waals surface area contributed by atoms with Gasteiger partial charge in [0.05, 0.1) is 0 Å². The minimum Gasteiger partial charge on any atom is -0.378 e. The van der Waals surface area contributed by atoms with Crippen LogP contribution >= 0.6 is 0 Å². The molecule has 1 aliphatic rings. The molecule has 1 saturated heterocycles. The summed E-state index contributed by atoms with van der Waals surface area (Å²) in [4.78, 5) is 28.1. The van der Waals surface area contributed by atoms with E-state index in [2.05, 4.69) is 5.32 Å². The number of carbonyl (C=O) groups is 2. The number of rotatable bonds is 4. The lowest BCUT2D eigenvalue weighted by Crippen LogP contribution is -2.60. The van der Waals surface area contributed by atoms with Crippen molar-refractivity contribution in [1.29, 1.82) is 0 Å². The molecular weight excluding hydrogens is 266 g/mol. The molecule has 21 heavy (non-hydrogen) atoms. The number of nitrogens with one attached hydrogen (secondary N) is 1. The Morgan fingerprint density at radius 3 is 2.71 bits per heavy atom. The van der Waals surface area contributed by atoms with E-state index < -0.39 is 6.04 Å². The molecule has 2 atom stereocenters. The summed E-state index contributed by atoms with van der Waals surface area (Å²) in [5.74, 6) is -0.00343. The molecule has 1 aliphatic heterocycles. The Hall–Kier alpha value is -2.04. The first kappa shape index (κ1) is 15.4. The number of benzene rings is 1. The summed E-state index contributed by atoms with van der Waals surface area (Å²) in [5, 5.41) is 2.81. The molecule has 0 spiro atoms. The van der Waals surface area contributed by atoms with Crippen LogP contribution in [0.25, 0.3) is 0 Å². The zero-order valence-electron chi connectivity index (χ0n) is 13.1. The quantitative estimate of drug-likeness (QED) is 0.916. The molecule has 1 heterocycles. The zero-order valence-corrected chi connectivity index (χ0v) is 13.1. The maximum absolute atomic E-state index is 12.7. The lowest BCUT2D eigenvalue weighted by atomic mass is 9.96. The number of piperazine rings is 1. The van der Waals surface area contributed by atoms with Gasteiger partial charge in [0, 0.05) is 25.5 Å². The molecule has 1 aromatic rings. The molecule has 2 rings (SSSR count). The van der Waals surface area contributed by atoms with Crippen LogP contribution in [0.4, 0.5) is 11.4 Å². The average Bonchev–Trinajstić information content (AvgIpc) is 2.48. The van der Waals surface area contributed by atoms with Gasteiger partial charge in [-0.15, -0.1) is 0 Å². The van der Waals surface area contributed by atoms with Gasteiger partial charge in [0.1, 0.15) is 12.6 Å². The van der Waals surface area contributed by atoms with Gasteiger partial charge < -0.3 is 15.1 Å².